The third-order valence-corrected chi connectivity index (χ3v) is 2.73. The minimum atomic E-state index is -0.198. The van der Waals surface area contributed by atoms with Gasteiger partial charge in [0.1, 0.15) is 0 Å². The summed E-state index contributed by atoms with van der Waals surface area (Å²) in [5.74, 6) is 0. The van der Waals surface area contributed by atoms with Gasteiger partial charge in [-0.05, 0) is 43.5 Å². The first-order valence-corrected chi connectivity index (χ1v) is 5.56. The first-order chi connectivity index (χ1) is 8.08. The largest absolute Gasteiger partial charge is 0.320 e. The normalized spacial score (nSPS) is 12.5. The van der Waals surface area contributed by atoms with Crippen molar-refractivity contribution < 1.29 is 0 Å². The van der Waals surface area contributed by atoms with Crippen LogP contribution in [0.4, 0.5) is 0 Å². The van der Waals surface area contributed by atoms with Crippen LogP contribution in [0.15, 0.2) is 24.5 Å². The van der Waals surface area contributed by atoms with Crippen LogP contribution in [0.25, 0.3) is 0 Å². The van der Waals surface area contributed by atoms with E-state index in [4.69, 9.17) is 5.73 Å². The van der Waals surface area contributed by atoms with E-state index in [-0.39, 0.29) is 6.04 Å². The predicted molar refractivity (Wildman–Crippen MR) is 66.5 cm³/mol. The van der Waals surface area contributed by atoms with Crippen molar-refractivity contribution >= 4 is 0 Å². The molecule has 2 N–H and O–H groups in total. The molecule has 0 aliphatic heterocycles. The van der Waals surface area contributed by atoms with Crippen molar-refractivity contribution in [3.63, 3.8) is 0 Å². The molecule has 0 spiro atoms. The Balaban J connectivity index is 2.43. The van der Waals surface area contributed by atoms with E-state index in [1.165, 1.54) is 0 Å². The highest BCUT2D eigenvalue weighted by Gasteiger charge is 2.13. The van der Waals surface area contributed by atoms with E-state index in [1.807, 2.05) is 39.1 Å². The van der Waals surface area contributed by atoms with E-state index in [9.17, 15) is 0 Å². The number of pyridine rings is 1. The molecular weight excluding hydrogens is 212 g/mol. The first-order valence-electron chi connectivity index (χ1n) is 5.56. The van der Waals surface area contributed by atoms with Crippen molar-refractivity contribution in [2.75, 3.05) is 0 Å². The lowest BCUT2D eigenvalue weighted by Gasteiger charge is -2.14. The Morgan fingerprint density at radius 2 is 1.82 bits per heavy atom. The molecule has 0 aliphatic rings. The quantitative estimate of drug-likeness (QED) is 0.851. The summed E-state index contributed by atoms with van der Waals surface area (Å²) < 4.78 is 0. The lowest BCUT2D eigenvalue weighted by atomic mass is 9.99. The van der Waals surface area contributed by atoms with Crippen molar-refractivity contribution in [1.29, 1.82) is 0 Å². The van der Waals surface area contributed by atoms with Gasteiger partial charge in [0.15, 0.2) is 0 Å². The maximum Gasteiger partial charge on any atom is 0.0651 e. The van der Waals surface area contributed by atoms with Gasteiger partial charge in [0.05, 0.1) is 17.4 Å². The molecule has 0 radical (unpaired) electrons. The van der Waals surface area contributed by atoms with Gasteiger partial charge in [-0.15, -0.1) is 0 Å². The van der Waals surface area contributed by atoms with Crippen LogP contribution in [0.5, 0.6) is 0 Å². The lowest BCUT2D eigenvalue weighted by molar-refractivity contribution is 0.808. The topological polar surface area (TPSA) is 64.7 Å². The summed E-state index contributed by atoms with van der Waals surface area (Å²) in [5, 5.41) is 8.11. The molecule has 0 fully saturated rings. The Kier molecular flexibility index (Phi) is 3.15. The molecule has 1 unspecified atom stereocenters. The summed E-state index contributed by atoms with van der Waals surface area (Å²) in [6, 6.07) is 3.83. The molecule has 0 aromatic carbocycles. The molecule has 2 heterocycles. The Hall–Kier alpha value is -1.81. The summed E-state index contributed by atoms with van der Waals surface area (Å²) in [4.78, 5) is 4.17. The van der Waals surface area contributed by atoms with Crippen LogP contribution < -0.4 is 5.73 Å². The Labute approximate surface area is 101 Å². The van der Waals surface area contributed by atoms with Gasteiger partial charge < -0.3 is 5.73 Å². The van der Waals surface area contributed by atoms with Crippen LogP contribution >= 0.6 is 0 Å². The van der Waals surface area contributed by atoms with E-state index in [0.717, 1.165) is 28.1 Å². The van der Waals surface area contributed by atoms with Crippen LogP contribution in [0.3, 0.4) is 0 Å². The van der Waals surface area contributed by atoms with Gasteiger partial charge in [0.2, 0.25) is 0 Å². The summed E-state index contributed by atoms with van der Waals surface area (Å²) in [6.45, 7) is 5.84. The van der Waals surface area contributed by atoms with Gasteiger partial charge >= 0.3 is 0 Å². The van der Waals surface area contributed by atoms with E-state index in [1.54, 1.807) is 6.20 Å². The van der Waals surface area contributed by atoms with E-state index < -0.39 is 0 Å². The molecular formula is C13H16N4. The van der Waals surface area contributed by atoms with Crippen molar-refractivity contribution in [3.8, 4) is 0 Å². The Morgan fingerprint density at radius 1 is 1.06 bits per heavy atom. The molecule has 0 aliphatic carbocycles. The van der Waals surface area contributed by atoms with Crippen LogP contribution in [0.2, 0.25) is 0 Å². The molecule has 0 saturated carbocycles. The second-order valence-electron chi connectivity index (χ2n) is 4.30. The molecule has 4 heteroatoms. The highest BCUT2D eigenvalue weighted by molar-refractivity contribution is 5.33. The zero-order valence-corrected chi connectivity index (χ0v) is 10.3. The lowest BCUT2D eigenvalue weighted by Crippen LogP contribution is -2.15. The average molecular weight is 228 g/mol. The average Bonchev–Trinajstić information content (AvgIpc) is 2.31. The third kappa shape index (κ3) is 2.47. The van der Waals surface area contributed by atoms with Gasteiger partial charge in [0, 0.05) is 12.4 Å². The zero-order valence-electron chi connectivity index (χ0n) is 10.3. The minimum absolute atomic E-state index is 0.198. The first kappa shape index (κ1) is 11.7. The molecule has 2 rings (SSSR count). The summed E-state index contributed by atoms with van der Waals surface area (Å²) >= 11 is 0. The molecule has 0 bridgehead atoms. The van der Waals surface area contributed by atoms with Gasteiger partial charge in [-0.1, -0.05) is 6.07 Å². The number of nitrogens with zero attached hydrogens (tertiary/aromatic N) is 3. The Bertz CT molecular complexity index is 537. The van der Waals surface area contributed by atoms with Gasteiger partial charge in [-0.25, -0.2) is 0 Å². The molecule has 88 valence electrons. The fourth-order valence-electron chi connectivity index (χ4n) is 1.81. The van der Waals surface area contributed by atoms with Crippen LogP contribution in [0.1, 0.15) is 34.1 Å². The highest BCUT2D eigenvalue weighted by atomic mass is 15.1. The monoisotopic (exact) mass is 228 g/mol. The molecule has 2 aromatic heterocycles. The standard InChI is InChI=1S/C13H16N4/c1-8-4-11(7-15-6-8)13(14)12-5-9(2)16-17-10(12)3/h4-7,13H,14H2,1-3H3. The van der Waals surface area contributed by atoms with Crippen molar-refractivity contribution in [1.82, 2.24) is 15.2 Å². The molecule has 0 amide bonds. The van der Waals surface area contributed by atoms with E-state index in [2.05, 4.69) is 15.2 Å². The van der Waals surface area contributed by atoms with Crippen LogP contribution in [0, 0.1) is 20.8 Å². The van der Waals surface area contributed by atoms with Crippen molar-refractivity contribution in [2.24, 2.45) is 5.73 Å². The van der Waals surface area contributed by atoms with E-state index in [0.29, 0.717) is 0 Å². The van der Waals surface area contributed by atoms with Crippen molar-refractivity contribution in [2.45, 2.75) is 26.8 Å². The highest BCUT2D eigenvalue weighted by Crippen LogP contribution is 2.21. The number of aromatic nitrogens is 3. The van der Waals surface area contributed by atoms with E-state index >= 15 is 0 Å². The van der Waals surface area contributed by atoms with Gasteiger partial charge in [0.25, 0.3) is 0 Å². The fourth-order valence-corrected chi connectivity index (χ4v) is 1.81. The SMILES string of the molecule is Cc1cncc(C(N)c2cc(C)nnc2C)c1. The molecule has 0 saturated heterocycles. The maximum atomic E-state index is 6.25. The summed E-state index contributed by atoms with van der Waals surface area (Å²) in [6.07, 6.45) is 3.62. The van der Waals surface area contributed by atoms with Crippen LogP contribution in [-0.4, -0.2) is 15.2 Å². The number of hydrogen-bond acceptors (Lipinski definition) is 4. The van der Waals surface area contributed by atoms with Crippen LogP contribution in [-0.2, 0) is 0 Å². The second-order valence-corrected chi connectivity index (χ2v) is 4.30. The number of hydrogen-bond donors (Lipinski definition) is 1. The predicted octanol–water partition coefficient (Wildman–Crippen LogP) is 1.84. The van der Waals surface area contributed by atoms with Gasteiger partial charge in [-0.3, -0.25) is 4.98 Å². The third-order valence-electron chi connectivity index (χ3n) is 2.73. The molecule has 1 atom stereocenters. The Morgan fingerprint density at radius 3 is 2.53 bits per heavy atom. The fraction of sp³-hybridized carbons (Fsp3) is 0.308. The molecule has 17 heavy (non-hydrogen) atoms. The smallest absolute Gasteiger partial charge is 0.0651 e. The summed E-state index contributed by atoms with van der Waals surface area (Å²) in [7, 11) is 0. The summed E-state index contributed by atoms with van der Waals surface area (Å²) in [5.41, 5.74) is 11.1. The minimum Gasteiger partial charge on any atom is -0.320 e. The molecule has 2 aromatic rings. The maximum absolute atomic E-state index is 6.25. The number of rotatable bonds is 2. The van der Waals surface area contributed by atoms with Crippen molar-refractivity contribution in [3.05, 3.63) is 52.6 Å². The second kappa shape index (κ2) is 4.59. The zero-order chi connectivity index (χ0) is 12.4. The van der Waals surface area contributed by atoms with Gasteiger partial charge in [-0.2, -0.15) is 10.2 Å². The number of nitrogens with two attached hydrogens (primary N) is 1. The number of aryl methyl sites for hydroxylation is 3. The molecule has 4 nitrogen and oxygen atoms in total.